The molecule has 1 aromatic carbocycles. The number of hydrogen-bond donors (Lipinski definition) is 1. The number of benzene rings is 1. The van der Waals surface area contributed by atoms with Crippen molar-refractivity contribution in [2.24, 2.45) is 17.6 Å². The van der Waals surface area contributed by atoms with Gasteiger partial charge in [-0.05, 0) is 23.8 Å². The molecule has 2 atom stereocenters. The molecule has 4 nitrogen and oxygen atoms in total. The Morgan fingerprint density at radius 2 is 1.86 bits per heavy atom. The summed E-state index contributed by atoms with van der Waals surface area (Å²) < 4.78 is 0. The highest BCUT2D eigenvalue weighted by Crippen LogP contribution is 2.21. The minimum atomic E-state index is 0.239. The minimum absolute atomic E-state index is 0.239. The van der Waals surface area contributed by atoms with Crippen molar-refractivity contribution in [3.8, 4) is 0 Å². The topological polar surface area (TPSA) is 49.6 Å². The quantitative estimate of drug-likeness (QED) is 0.874. The SMILES string of the molecule is CC1CC(C)CN(C(=O)CN(CCN)Cc2ccccc2)C1. The fraction of sp³-hybridized carbons (Fsp3) is 0.611. The number of carbonyl (C=O) groups excluding carboxylic acids is 1. The largest absolute Gasteiger partial charge is 0.341 e. The molecule has 4 heteroatoms. The van der Waals surface area contributed by atoms with Crippen molar-refractivity contribution in [1.29, 1.82) is 0 Å². The molecule has 1 aliphatic rings. The highest BCUT2D eigenvalue weighted by Gasteiger charge is 2.26. The van der Waals surface area contributed by atoms with Gasteiger partial charge in [-0.25, -0.2) is 0 Å². The summed E-state index contributed by atoms with van der Waals surface area (Å²) >= 11 is 0. The molecule has 22 heavy (non-hydrogen) atoms. The van der Waals surface area contributed by atoms with Crippen LogP contribution in [0.4, 0.5) is 0 Å². The zero-order valence-electron chi connectivity index (χ0n) is 13.9. The standard InChI is InChI=1S/C18H29N3O/c1-15-10-16(2)12-21(11-15)18(22)14-20(9-8-19)13-17-6-4-3-5-7-17/h3-7,15-16H,8-14,19H2,1-2H3. The highest BCUT2D eigenvalue weighted by molar-refractivity contribution is 5.78. The molecule has 2 N–H and O–H groups in total. The molecule has 122 valence electrons. The van der Waals surface area contributed by atoms with Gasteiger partial charge in [-0.3, -0.25) is 9.69 Å². The molecule has 1 aliphatic heterocycles. The van der Waals surface area contributed by atoms with Crippen LogP contribution in [0.5, 0.6) is 0 Å². The Kier molecular flexibility index (Phi) is 6.40. The summed E-state index contributed by atoms with van der Waals surface area (Å²) in [5.74, 6) is 1.44. The first-order valence-corrected chi connectivity index (χ1v) is 8.32. The molecule has 0 spiro atoms. The van der Waals surface area contributed by atoms with E-state index in [-0.39, 0.29) is 5.91 Å². The average Bonchev–Trinajstić information content (AvgIpc) is 2.47. The first kappa shape index (κ1) is 17.0. The van der Waals surface area contributed by atoms with E-state index in [1.807, 2.05) is 23.1 Å². The second kappa shape index (κ2) is 8.30. The number of rotatable bonds is 6. The fourth-order valence-electron chi connectivity index (χ4n) is 3.40. The van der Waals surface area contributed by atoms with Crippen LogP contribution >= 0.6 is 0 Å². The smallest absolute Gasteiger partial charge is 0.236 e. The molecule has 1 fully saturated rings. The molecule has 1 aromatic rings. The molecule has 1 amide bonds. The van der Waals surface area contributed by atoms with Gasteiger partial charge in [0.2, 0.25) is 5.91 Å². The third kappa shape index (κ3) is 5.11. The number of hydrogen-bond acceptors (Lipinski definition) is 3. The van der Waals surface area contributed by atoms with Crippen molar-refractivity contribution in [3.05, 3.63) is 35.9 Å². The van der Waals surface area contributed by atoms with Crippen LogP contribution in [0, 0.1) is 11.8 Å². The van der Waals surface area contributed by atoms with Gasteiger partial charge in [-0.15, -0.1) is 0 Å². The van der Waals surface area contributed by atoms with Gasteiger partial charge in [0.1, 0.15) is 0 Å². The zero-order valence-corrected chi connectivity index (χ0v) is 13.9. The Labute approximate surface area is 134 Å². The number of piperidine rings is 1. The van der Waals surface area contributed by atoms with Crippen LogP contribution in [0.1, 0.15) is 25.8 Å². The van der Waals surface area contributed by atoms with Crippen LogP contribution in [0.25, 0.3) is 0 Å². The monoisotopic (exact) mass is 303 g/mol. The van der Waals surface area contributed by atoms with Gasteiger partial charge in [-0.2, -0.15) is 0 Å². The van der Waals surface area contributed by atoms with Crippen LogP contribution < -0.4 is 5.73 Å². The predicted octanol–water partition coefficient (Wildman–Crippen LogP) is 1.95. The van der Waals surface area contributed by atoms with Gasteiger partial charge in [0.25, 0.3) is 0 Å². The molecular weight excluding hydrogens is 274 g/mol. The lowest BCUT2D eigenvalue weighted by molar-refractivity contribution is -0.135. The maximum absolute atomic E-state index is 12.6. The Balaban J connectivity index is 1.93. The molecule has 1 heterocycles. The maximum Gasteiger partial charge on any atom is 0.236 e. The van der Waals surface area contributed by atoms with E-state index in [0.717, 1.165) is 26.2 Å². The third-order valence-corrected chi connectivity index (χ3v) is 4.27. The average molecular weight is 303 g/mol. The first-order valence-electron chi connectivity index (χ1n) is 8.32. The fourth-order valence-corrected chi connectivity index (χ4v) is 3.40. The Hall–Kier alpha value is -1.39. The van der Waals surface area contributed by atoms with E-state index in [9.17, 15) is 4.79 Å². The van der Waals surface area contributed by atoms with Gasteiger partial charge < -0.3 is 10.6 Å². The Morgan fingerprint density at radius 3 is 2.45 bits per heavy atom. The van der Waals surface area contributed by atoms with E-state index in [1.54, 1.807) is 0 Å². The predicted molar refractivity (Wildman–Crippen MR) is 90.3 cm³/mol. The van der Waals surface area contributed by atoms with Gasteiger partial charge >= 0.3 is 0 Å². The van der Waals surface area contributed by atoms with Crippen molar-refractivity contribution >= 4 is 5.91 Å². The molecule has 2 unspecified atom stereocenters. The second-order valence-corrected chi connectivity index (χ2v) is 6.73. The number of nitrogens with two attached hydrogens (primary N) is 1. The summed E-state index contributed by atoms with van der Waals surface area (Å²) in [6, 6.07) is 10.3. The van der Waals surface area contributed by atoms with Crippen LogP contribution in [0.2, 0.25) is 0 Å². The van der Waals surface area contributed by atoms with Gasteiger partial charge in [0.15, 0.2) is 0 Å². The maximum atomic E-state index is 12.6. The van der Waals surface area contributed by atoms with Gasteiger partial charge in [-0.1, -0.05) is 44.2 Å². The van der Waals surface area contributed by atoms with E-state index >= 15 is 0 Å². The molecule has 0 bridgehead atoms. The van der Waals surface area contributed by atoms with E-state index in [1.165, 1.54) is 12.0 Å². The summed E-state index contributed by atoms with van der Waals surface area (Å²) in [4.78, 5) is 16.8. The molecule has 2 rings (SSSR count). The molecule has 0 saturated carbocycles. The van der Waals surface area contributed by atoms with Crippen LogP contribution in [0.3, 0.4) is 0 Å². The lowest BCUT2D eigenvalue weighted by atomic mass is 9.92. The summed E-state index contributed by atoms with van der Waals surface area (Å²) in [5.41, 5.74) is 6.94. The zero-order chi connectivity index (χ0) is 15.9. The Morgan fingerprint density at radius 1 is 1.23 bits per heavy atom. The van der Waals surface area contributed by atoms with Crippen molar-refractivity contribution in [2.45, 2.75) is 26.8 Å². The van der Waals surface area contributed by atoms with Crippen molar-refractivity contribution in [3.63, 3.8) is 0 Å². The molecule has 0 radical (unpaired) electrons. The minimum Gasteiger partial charge on any atom is -0.341 e. The lowest BCUT2D eigenvalue weighted by Crippen LogP contribution is -2.47. The Bertz CT molecular complexity index is 453. The van der Waals surface area contributed by atoms with Crippen LogP contribution in [-0.2, 0) is 11.3 Å². The molecular formula is C18H29N3O. The van der Waals surface area contributed by atoms with Crippen molar-refractivity contribution in [2.75, 3.05) is 32.7 Å². The van der Waals surface area contributed by atoms with E-state index in [0.29, 0.717) is 24.9 Å². The molecule has 0 aliphatic carbocycles. The normalized spacial score (nSPS) is 22.1. The van der Waals surface area contributed by atoms with Crippen molar-refractivity contribution in [1.82, 2.24) is 9.80 Å². The van der Waals surface area contributed by atoms with Crippen LogP contribution in [-0.4, -0.2) is 48.4 Å². The lowest BCUT2D eigenvalue weighted by Gasteiger charge is -2.36. The number of nitrogens with zero attached hydrogens (tertiary/aromatic N) is 2. The molecule has 0 aromatic heterocycles. The second-order valence-electron chi connectivity index (χ2n) is 6.73. The molecule has 1 saturated heterocycles. The number of carbonyl (C=O) groups is 1. The summed E-state index contributed by atoms with van der Waals surface area (Å²) in [7, 11) is 0. The summed E-state index contributed by atoms with van der Waals surface area (Å²) in [6.45, 7) is 8.83. The summed E-state index contributed by atoms with van der Waals surface area (Å²) in [5, 5.41) is 0. The highest BCUT2D eigenvalue weighted by atomic mass is 16.2. The van der Waals surface area contributed by atoms with E-state index < -0.39 is 0 Å². The van der Waals surface area contributed by atoms with E-state index in [2.05, 4.69) is 30.9 Å². The number of likely N-dealkylation sites (tertiary alicyclic amines) is 1. The third-order valence-electron chi connectivity index (χ3n) is 4.27. The first-order chi connectivity index (χ1) is 10.6. The van der Waals surface area contributed by atoms with Gasteiger partial charge in [0, 0.05) is 32.7 Å². The number of amides is 1. The van der Waals surface area contributed by atoms with Gasteiger partial charge in [0.05, 0.1) is 6.54 Å². The van der Waals surface area contributed by atoms with Crippen LogP contribution in [0.15, 0.2) is 30.3 Å². The van der Waals surface area contributed by atoms with E-state index in [4.69, 9.17) is 5.73 Å². The summed E-state index contributed by atoms with van der Waals surface area (Å²) in [6.07, 6.45) is 1.22. The van der Waals surface area contributed by atoms with Crippen molar-refractivity contribution < 1.29 is 4.79 Å².